The van der Waals surface area contributed by atoms with Crippen LogP contribution in [0.1, 0.15) is 23.7 Å². The average molecular weight is 263 g/mol. The van der Waals surface area contributed by atoms with E-state index in [0.29, 0.717) is 30.9 Å². The van der Waals surface area contributed by atoms with Gasteiger partial charge < -0.3 is 21.1 Å². The SMILES string of the molecule is CCC1C(=O)NCCN1c1ccc(N)cc1C(=O)O. The summed E-state index contributed by atoms with van der Waals surface area (Å²) in [5.74, 6) is -1.11. The fourth-order valence-corrected chi connectivity index (χ4v) is 2.38. The van der Waals surface area contributed by atoms with Crippen molar-refractivity contribution >= 4 is 23.3 Å². The third kappa shape index (κ3) is 2.47. The van der Waals surface area contributed by atoms with Gasteiger partial charge in [0.15, 0.2) is 0 Å². The predicted molar refractivity (Wildman–Crippen MR) is 72.2 cm³/mol. The van der Waals surface area contributed by atoms with Crippen LogP contribution >= 0.6 is 0 Å². The summed E-state index contributed by atoms with van der Waals surface area (Å²) in [6.45, 7) is 3.01. The number of aromatic carboxylic acids is 1. The highest BCUT2D eigenvalue weighted by atomic mass is 16.4. The molecule has 6 heteroatoms. The fraction of sp³-hybridized carbons (Fsp3) is 0.385. The van der Waals surface area contributed by atoms with E-state index in [9.17, 15) is 14.7 Å². The molecule has 1 atom stereocenters. The quantitative estimate of drug-likeness (QED) is 0.697. The molecule has 19 heavy (non-hydrogen) atoms. The summed E-state index contributed by atoms with van der Waals surface area (Å²) in [4.78, 5) is 25.0. The first-order valence-corrected chi connectivity index (χ1v) is 6.21. The molecule has 1 aromatic rings. The summed E-state index contributed by atoms with van der Waals surface area (Å²) in [6.07, 6.45) is 0.620. The highest BCUT2D eigenvalue weighted by Crippen LogP contribution is 2.27. The third-order valence-electron chi connectivity index (χ3n) is 3.28. The number of carbonyl (C=O) groups is 2. The van der Waals surface area contributed by atoms with E-state index in [1.807, 2.05) is 11.8 Å². The van der Waals surface area contributed by atoms with Crippen LogP contribution in [0.4, 0.5) is 11.4 Å². The molecule has 1 aromatic carbocycles. The number of carboxylic acid groups (broad SMARTS) is 1. The Hall–Kier alpha value is -2.24. The van der Waals surface area contributed by atoms with Gasteiger partial charge in [0.05, 0.1) is 11.3 Å². The van der Waals surface area contributed by atoms with Crippen molar-refractivity contribution in [1.29, 1.82) is 0 Å². The number of rotatable bonds is 3. The number of carbonyl (C=O) groups excluding carboxylic acids is 1. The summed E-state index contributed by atoms with van der Waals surface area (Å²) in [5.41, 5.74) is 6.70. The zero-order valence-corrected chi connectivity index (χ0v) is 10.7. The Morgan fingerprint density at radius 1 is 1.58 bits per heavy atom. The number of benzene rings is 1. The molecule has 0 aliphatic carbocycles. The van der Waals surface area contributed by atoms with Gasteiger partial charge in [-0.3, -0.25) is 4.79 Å². The monoisotopic (exact) mass is 263 g/mol. The van der Waals surface area contributed by atoms with Gasteiger partial charge in [0.1, 0.15) is 6.04 Å². The number of nitrogens with zero attached hydrogens (tertiary/aromatic N) is 1. The normalized spacial score (nSPS) is 19.1. The molecule has 2 rings (SSSR count). The van der Waals surface area contributed by atoms with Gasteiger partial charge in [0.25, 0.3) is 0 Å². The first-order chi connectivity index (χ1) is 9.04. The van der Waals surface area contributed by atoms with Crippen LogP contribution in [0.15, 0.2) is 18.2 Å². The molecule has 6 nitrogen and oxygen atoms in total. The van der Waals surface area contributed by atoms with Crippen molar-refractivity contribution in [2.45, 2.75) is 19.4 Å². The Balaban J connectivity index is 2.45. The van der Waals surface area contributed by atoms with Gasteiger partial charge in [0, 0.05) is 18.8 Å². The molecule has 1 heterocycles. The van der Waals surface area contributed by atoms with E-state index < -0.39 is 5.97 Å². The van der Waals surface area contributed by atoms with Crippen LogP contribution in [-0.4, -0.2) is 36.1 Å². The number of hydrogen-bond donors (Lipinski definition) is 3. The van der Waals surface area contributed by atoms with Crippen LogP contribution in [0.3, 0.4) is 0 Å². The molecule has 0 aromatic heterocycles. The molecule has 1 unspecified atom stereocenters. The molecule has 1 fully saturated rings. The van der Waals surface area contributed by atoms with Crippen LogP contribution in [0.5, 0.6) is 0 Å². The van der Waals surface area contributed by atoms with Gasteiger partial charge in [-0.1, -0.05) is 6.92 Å². The molecule has 1 saturated heterocycles. The second-order valence-electron chi connectivity index (χ2n) is 4.49. The minimum atomic E-state index is -1.04. The molecular formula is C13H17N3O3. The number of piperazine rings is 1. The Labute approximate surface area is 111 Å². The summed E-state index contributed by atoms with van der Waals surface area (Å²) in [6, 6.07) is 4.41. The topological polar surface area (TPSA) is 95.7 Å². The van der Waals surface area contributed by atoms with Crippen molar-refractivity contribution < 1.29 is 14.7 Å². The summed E-state index contributed by atoms with van der Waals surface area (Å²) in [7, 11) is 0. The highest BCUT2D eigenvalue weighted by Gasteiger charge is 2.30. The lowest BCUT2D eigenvalue weighted by Gasteiger charge is -2.37. The smallest absolute Gasteiger partial charge is 0.337 e. The summed E-state index contributed by atoms with van der Waals surface area (Å²) < 4.78 is 0. The molecule has 0 radical (unpaired) electrons. The van der Waals surface area contributed by atoms with E-state index in [1.54, 1.807) is 12.1 Å². The van der Waals surface area contributed by atoms with Gasteiger partial charge in [0.2, 0.25) is 5.91 Å². The molecule has 1 aliphatic rings. The van der Waals surface area contributed by atoms with Crippen molar-refractivity contribution in [2.75, 3.05) is 23.7 Å². The number of carboxylic acids is 1. The van der Waals surface area contributed by atoms with Crippen LogP contribution < -0.4 is 16.0 Å². The zero-order chi connectivity index (χ0) is 14.0. The van der Waals surface area contributed by atoms with Crippen LogP contribution in [0.25, 0.3) is 0 Å². The number of amides is 1. The summed E-state index contributed by atoms with van der Waals surface area (Å²) >= 11 is 0. The first kappa shape index (κ1) is 13.2. The largest absolute Gasteiger partial charge is 0.478 e. The number of nitrogens with two attached hydrogens (primary N) is 1. The Morgan fingerprint density at radius 3 is 2.95 bits per heavy atom. The van der Waals surface area contributed by atoms with Crippen molar-refractivity contribution in [1.82, 2.24) is 5.32 Å². The molecule has 1 aliphatic heterocycles. The first-order valence-electron chi connectivity index (χ1n) is 6.21. The van der Waals surface area contributed by atoms with E-state index in [0.717, 1.165) is 0 Å². The Kier molecular flexibility index (Phi) is 3.59. The standard InChI is InChI=1S/C13H17N3O3/c1-2-10-12(17)15-5-6-16(10)11-4-3-8(14)7-9(11)13(18)19/h3-4,7,10H,2,5-6,14H2,1H3,(H,15,17)(H,18,19). The van der Waals surface area contributed by atoms with Crippen LogP contribution in [0, 0.1) is 0 Å². The van der Waals surface area contributed by atoms with E-state index in [1.165, 1.54) is 6.07 Å². The highest BCUT2D eigenvalue weighted by molar-refractivity contribution is 5.97. The van der Waals surface area contributed by atoms with Crippen LogP contribution in [0.2, 0.25) is 0 Å². The molecule has 1 amide bonds. The number of anilines is 2. The van der Waals surface area contributed by atoms with E-state index >= 15 is 0 Å². The maximum atomic E-state index is 11.8. The molecule has 102 valence electrons. The maximum Gasteiger partial charge on any atom is 0.337 e. The van der Waals surface area contributed by atoms with Gasteiger partial charge >= 0.3 is 5.97 Å². The molecular weight excluding hydrogens is 246 g/mol. The number of nitrogens with one attached hydrogen (secondary N) is 1. The molecule has 0 spiro atoms. The second kappa shape index (κ2) is 5.17. The average Bonchev–Trinajstić information content (AvgIpc) is 2.38. The van der Waals surface area contributed by atoms with Crippen molar-refractivity contribution in [3.63, 3.8) is 0 Å². The van der Waals surface area contributed by atoms with Gasteiger partial charge in [-0.05, 0) is 24.6 Å². The molecule has 4 N–H and O–H groups in total. The van der Waals surface area contributed by atoms with E-state index in [-0.39, 0.29) is 17.5 Å². The zero-order valence-electron chi connectivity index (χ0n) is 10.7. The second-order valence-corrected chi connectivity index (χ2v) is 4.49. The molecule has 0 saturated carbocycles. The maximum absolute atomic E-state index is 11.8. The number of hydrogen-bond acceptors (Lipinski definition) is 4. The lowest BCUT2D eigenvalue weighted by molar-refractivity contribution is -0.123. The lowest BCUT2D eigenvalue weighted by atomic mass is 10.0. The van der Waals surface area contributed by atoms with Crippen molar-refractivity contribution in [3.05, 3.63) is 23.8 Å². The minimum Gasteiger partial charge on any atom is -0.478 e. The van der Waals surface area contributed by atoms with Crippen LogP contribution in [-0.2, 0) is 4.79 Å². The Bertz CT molecular complexity index is 516. The van der Waals surface area contributed by atoms with Crippen molar-refractivity contribution in [2.24, 2.45) is 0 Å². The van der Waals surface area contributed by atoms with E-state index in [4.69, 9.17) is 5.73 Å². The fourth-order valence-electron chi connectivity index (χ4n) is 2.38. The van der Waals surface area contributed by atoms with Crippen molar-refractivity contribution in [3.8, 4) is 0 Å². The van der Waals surface area contributed by atoms with Gasteiger partial charge in [-0.2, -0.15) is 0 Å². The lowest BCUT2D eigenvalue weighted by Crippen LogP contribution is -2.55. The predicted octanol–water partition coefficient (Wildman–Crippen LogP) is 0.682. The number of nitrogen functional groups attached to an aromatic ring is 1. The molecule has 0 bridgehead atoms. The Morgan fingerprint density at radius 2 is 2.32 bits per heavy atom. The summed E-state index contributed by atoms with van der Waals surface area (Å²) in [5, 5.41) is 12.1. The van der Waals surface area contributed by atoms with Gasteiger partial charge in [-0.15, -0.1) is 0 Å². The third-order valence-corrected chi connectivity index (χ3v) is 3.28. The van der Waals surface area contributed by atoms with E-state index in [2.05, 4.69) is 5.32 Å². The van der Waals surface area contributed by atoms with Gasteiger partial charge in [-0.25, -0.2) is 4.79 Å². The minimum absolute atomic E-state index is 0.0677.